The number of rotatable bonds is 3. The quantitative estimate of drug-likeness (QED) is 0.689. The number of carbonyl (C=O) groups excluding carboxylic acids is 1. The smallest absolute Gasteiger partial charge is 0.259 e. The Bertz CT molecular complexity index is 995. The molecule has 0 spiro atoms. The second-order valence-corrected chi connectivity index (χ2v) is 7.32. The summed E-state index contributed by atoms with van der Waals surface area (Å²) >= 11 is 0. The highest BCUT2D eigenvalue weighted by Gasteiger charge is 2.27. The van der Waals surface area contributed by atoms with Crippen molar-refractivity contribution in [1.29, 1.82) is 0 Å². The monoisotopic (exact) mass is 389 g/mol. The van der Waals surface area contributed by atoms with Gasteiger partial charge in [-0.05, 0) is 49.2 Å². The van der Waals surface area contributed by atoms with Crippen LogP contribution in [-0.2, 0) is 11.2 Å². The molecule has 0 N–H and O–H groups in total. The molecule has 148 valence electrons. The first kappa shape index (κ1) is 17.9. The zero-order chi connectivity index (χ0) is 19.6. The molecule has 3 aromatic rings. The van der Waals surface area contributed by atoms with Gasteiger partial charge in [-0.25, -0.2) is 4.98 Å². The number of aryl methyl sites for hydroxylation is 1. The van der Waals surface area contributed by atoms with Crippen molar-refractivity contribution in [2.75, 3.05) is 42.6 Å². The topological polar surface area (TPSA) is 63.5 Å². The maximum atomic E-state index is 13.3. The largest absolute Gasteiger partial charge is 0.378 e. The normalized spacial score (nSPS) is 16.6. The van der Waals surface area contributed by atoms with Gasteiger partial charge < -0.3 is 14.2 Å². The summed E-state index contributed by atoms with van der Waals surface area (Å²) in [7, 11) is 0. The van der Waals surface area contributed by atoms with Gasteiger partial charge in [-0.3, -0.25) is 9.69 Å². The molecule has 29 heavy (non-hydrogen) atoms. The number of anilines is 2. The lowest BCUT2D eigenvalue weighted by molar-refractivity contribution is 0.0984. The molecular formula is C22H23N5O2. The van der Waals surface area contributed by atoms with Gasteiger partial charge in [0.15, 0.2) is 0 Å². The highest BCUT2D eigenvalue weighted by molar-refractivity contribution is 6.06. The number of aromatic nitrogens is 3. The second kappa shape index (κ2) is 7.67. The van der Waals surface area contributed by atoms with Crippen LogP contribution < -0.4 is 9.80 Å². The molecule has 0 unspecified atom stereocenters. The van der Waals surface area contributed by atoms with Gasteiger partial charge in [0.05, 0.1) is 13.2 Å². The molecule has 1 amide bonds. The molecule has 0 radical (unpaired) electrons. The summed E-state index contributed by atoms with van der Waals surface area (Å²) < 4.78 is 7.44. The number of fused-ring (bicyclic) bond motifs is 1. The fraction of sp³-hybridized carbons (Fsp3) is 0.318. The molecule has 2 aromatic heterocycles. The van der Waals surface area contributed by atoms with Crippen LogP contribution in [0.25, 0.3) is 5.69 Å². The van der Waals surface area contributed by atoms with Crippen LogP contribution in [0.1, 0.15) is 22.3 Å². The van der Waals surface area contributed by atoms with Gasteiger partial charge in [0.25, 0.3) is 5.91 Å². The molecule has 0 aliphatic carbocycles. The van der Waals surface area contributed by atoms with Crippen molar-refractivity contribution in [2.45, 2.75) is 12.8 Å². The molecular weight excluding hydrogens is 366 g/mol. The fourth-order valence-corrected chi connectivity index (χ4v) is 3.88. The lowest BCUT2D eigenvalue weighted by Gasteiger charge is -2.31. The van der Waals surface area contributed by atoms with Gasteiger partial charge >= 0.3 is 0 Å². The van der Waals surface area contributed by atoms with Crippen molar-refractivity contribution in [3.63, 3.8) is 0 Å². The molecule has 5 rings (SSSR count). The van der Waals surface area contributed by atoms with Crippen LogP contribution in [0.3, 0.4) is 0 Å². The van der Waals surface area contributed by atoms with E-state index in [1.165, 1.54) is 0 Å². The molecule has 1 saturated heterocycles. The molecule has 2 aliphatic heterocycles. The van der Waals surface area contributed by atoms with Crippen LogP contribution in [0.4, 0.5) is 11.8 Å². The van der Waals surface area contributed by atoms with Crippen molar-refractivity contribution in [3.8, 4) is 5.69 Å². The first-order chi connectivity index (χ1) is 14.3. The minimum atomic E-state index is -0.0170. The van der Waals surface area contributed by atoms with Crippen molar-refractivity contribution >= 4 is 17.7 Å². The number of nitrogens with zero attached hydrogens (tertiary/aromatic N) is 5. The Balaban J connectivity index is 1.42. The third-order valence-corrected chi connectivity index (χ3v) is 5.47. The third kappa shape index (κ3) is 3.49. The van der Waals surface area contributed by atoms with E-state index in [2.05, 4.69) is 9.88 Å². The maximum absolute atomic E-state index is 13.3. The number of hydrogen-bond acceptors (Lipinski definition) is 5. The van der Waals surface area contributed by atoms with Crippen LogP contribution in [0.2, 0.25) is 0 Å². The summed E-state index contributed by atoms with van der Waals surface area (Å²) in [5.74, 6) is 1.40. The van der Waals surface area contributed by atoms with Crippen molar-refractivity contribution in [3.05, 3.63) is 66.1 Å². The minimum Gasteiger partial charge on any atom is -0.378 e. The summed E-state index contributed by atoms with van der Waals surface area (Å²) in [6, 6.07) is 11.7. The molecule has 1 fully saturated rings. The Morgan fingerprint density at radius 1 is 1.00 bits per heavy atom. The second-order valence-electron chi connectivity index (χ2n) is 7.32. The predicted molar refractivity (Wildman–Crippen MR) is 111 cm³/mol. The first-order valence-corrected chi connectivity index (χ1v) is 10.0. The Morgan fingerprint density at radius 3 is 2.52 bits per heavy atom. The lowest BCUT2D eigenvalue weighted by atomic mass is 10.1. The summed E-state index contributed by atoms with van der Waals surface area (Å²) in [5.41, 5.74) is 2.73. The average molecular weight is 389 g/mol. The molecule has 7 heteroatoms. The van der Waals surface area contributed by atoms with Crippen molar-refractivity contribution < 1.29 is 9.53 Å². The number of hydrogen-bond donors (Lipinski definition) is 0. The first-order valence-electron chi connectivity index (χ1n) is 10.0. The van der Waals surface area contributed by atoms with Crippen LogP contribution in [0.15, 0.2) is 55.0 Å². The van der Waals surface area contributed by atoms with E-state index in [9.17, 15) is 4.79 Å². The molecule has 2 aliphatic rings. The van der Waals surface area contributed by atoms with E-state index in [-0.39, 0.29) is 5.91 Å². The van der Waals surface area contributed by atoms with E-state index < -0.39 is 0 Å². The van der Waals surface area contributed by atoms with E-state index in [0.717, 1.165) is 43.0 Å². The highest BCUT2D eigenvalue weighted by Crippen LogP contribution is 2.28. The number of carbonyl (C=O) groups is 1. The third-order valence-electron chi connectivity index (χ3n) is 5.47. The van der Waals surface area contributed by atoms with Gasteiger partial charge in [0.2, 0.25) is 5.95 Å². The maximum Gasteiger partial charge on any atom is 0.259 e. The van der Waals surface area contributed by atoms with Gasteiger partial charge in [-0.1, -0.05) is 0 Å². The zero-order valence-corrected chi connectivity index (χ0v) is 16.2. The average Bonchev–Trinajstić information content (AvgIpc) is 3.34. The van der Waals surface area contributed by atoms with Gasteiger partial charge in [0, 0.05) is 55.0 Å². The Morgan fingerprint density at radius 2 is 1.76 bits per heavy atom. The SMILES string of the molecule is O=C(c1ccc(-n2cccc2)cc1)N1CCCc2cnc(N3CCOCC3)nc21. The van der Waals surface area contributed by atoms with E-state index in [1.54, 1.807) is 4.90 Å². The minimum absolute atomic E-state index is 0.0170. The van der Waals surface area contributed by atoms with Crippen molar-refractivity contribution in [1.82, 2.24) is 14.5 Å². The van der Waals surface area contributed by atoms with Gasteiger partial charge in [0.1, 0.15) is 5.82 Å². The molecule has 4 heterocycles. The summed E-state index contributed by atoms with van der Waals surface area (Å²) in [6.45, 7) is 3.57. The molecule has 7 nitrogen and oxygen atoms in total. The van der Waals surface area contributed by atoms with E-state index in [1.807, 2.05) is 59.6 Å². The van der Waals surface area contributed by atoms with E-state index in [0.29, 0.717) is 31.3 Å². The van der Waals surface area contributed by atoms with Gasteiger partial charge in [-0.2, -0.15) is 4.98 Å². The van der Waals surface area contributed by atoms with Crippen LogP contribution in [0.5, 0.6) is 0 Å². The fourth-order valence-electron chi connectivity index (χ4n) is 3.88. The van der Waals surface area contributed by atoms with E-state index in [4.69, 9.17) is 9.72 Å². The molecule has 0 atom stereocenters. The van der Waals surface area contributed by atoms with E-state index >= 15 is 0 Å². The Labute approximate surface area is 169 Å². The highest BCUT2D eigenvalue weighted by atomic mass is 16.5. The van der Waals surface area contributed by atoms with Crippen LogP contribution in [0, 0.1) is 0 Å². The molecule has 1 aromatic carbocycles. The number of benzene rings is 1. The Kier molecular flexibility index (Phi) is 4.73. The summed E-state index contributed by atoms with van der Waals surface area (Å²) in [4.78, 5) is 26.5. The summed E-state index contributed by atoms with van der Waals surface area (Å²) in [5, 5.41) is 0. The van der Waals surface area contributed by atoms with Gasteiger partial charge in [-0.15, -0.1) is 0 Å². The number of morpholine rings is 1. The molecule has 0 bridgehead atoms. The number of ether oxygens (including phenoxy) is 1. The van der Waals surface area contributed by atoms with Crippen LogP contribution >= 0.6 is 0 Å². The standard InChI is InChI=1S/C22H23N5O2/c28-21(17-5-7-19(8-6-17)25-9-1-2-10-25)27-11-3-4-18-16-23-22(24-20(18)27)26-12-14-29-15-13-26/h1-2,5-10,16H,3-4,11-15H2. The summed E-state index contributed by atoms with van der Waals surface area (Å²) in [6.07, 6.45) is 7.67. The van der Waals surface area contributed by atoms with Crippen molar-refractivity contribution in [2.24, 2.45) is 0 Å². The number of amides is 1. The van der Waals surface area contributed by atoms with Crippen LogP contribution in [-0.4, -0.2) is 53.3 Å². The Hall–Kier alpha value is -3.19. The lowest BCUT2D eigenvalue weighted by Crippen LogP contribution is -2.39. The predicted octanol–water partition coefficient (Wildman–Crippen LogP) is 2.70. The zero-order valence-electron chi connectivity index (χ0n) is 16.2. The molecule has 0 saturated carbocycles.